The van der Waals surface area contributed by atoms with E-state index in [2.05, 4.69) is 35.2 Å². The number of halogens is 4. The van der Waals surface area contributed by atoms with Gasteiger partial charge in [-0.1, -0.05) is 0 Å². The fourth-order valence-electron chi connectivity index (χ4n) is 1.09. The number of nitrogens with zero attached hydrogens (tertiary/aromatic N) is 2. The number of rotatable bonds is 6. The molecule has 0 spiro atoms. The van der Waals surface area contributed by atoms with Crippen molar-refractivity contribution < 1.29 is 22.7 Å². The van der Waals surface area contributed by atoms with Gasteiger partial charge in [-0.2, -0.15) is 5.10 Å². The van der Waals surface area contributed by atoms with Crippen LogP contribution >= 0.6 is 28.1 Å². The summed E-state index contributed by atoms with van der Waals surface area (Å²) in [5.41, 5.74) is 0.308. The number of alkyl halides is 3. The van der Waals surface area contributed by atoms with Crippen LogP contribution in [0.5, 0.6) is 0 Å². The molecule has 108 valence electrons. The molecule has 1 unspecified atom stereocenters. The molecule has 0 radical (unpaired) electrons. The molecule has 11 heteroatoms. The number of hydrogen-bond acceptors (Lipinski definition) is 6. The van der Waals surface area contributed by atoms with Gasteiger partial charge in [-0.05, 0) is 22.9 Å². The maximum absolute atomic E-state index is 11.9. The van der Waals surface area contributed by atoms with Gasteiger partial charge >= 0.3 is 6.36 Å². The van der Waals surface area contributed by atoms with Crippen LogP contribution in [0, 0.1) is 0 Å². The quantitative estimate of drug-likeness (QED) is 0.460. The first-order valence-corrected chi connectivity index (χ1v) is 6.45. The molecule has 1 heterocycles. The molecule has 0 saturated heterocycles. The van der Waals surface area contributed by atoms with Crippen LogP contribution < -0.4 is 9.44 Å². The Hall–Kier alpha value is -0.780. The van der Waals surface area contributed by atoms with Crippen LogP contribution in [-0.4, -0.2) is 28.7 Å². The topological polar surface area (TPSA) is 68.2 Å². The summed E-state index contributed by atoms with van der Waals surface area (Å²) < 4.78 is 46.1. The molecule has 0 saturated carbocycles. The molecule has 0 aliphatic heterocycles. The van der Waals surface area contributed by atoms with Crippen LogP contribution in [0.4, 0.5) is 19.0 Å². The molecule has 0 bridgehead atoms. The highest BCUT2D eigenvalue weighted by molar-refractivity contribution is 9.10. The van der Waals surface area contributed by atoms with Gasteiger partial charge in [-0.3, -0.25) is 18.9 Å². The number of anilines is 1. The summed E-state index contributed by atoms with van der Waals surface area (Å²) in [5, 5.41) is 3.96. The fourth-order valence-corrected chi connectivity index (χ4v) is 2.26. The summed E-state index contributed by atoms with van der Waals surface area (Å²) in [6, 6.07) is 0. The molecular weight excluding hydrogens is 353 g/mol. The standard InChI is InChI=1S/C8H10BrF3N4O2S/c1-4(18-8(10,11)12)14-19-15-7-6(9)5(3-17)16(2)13-7/h3-4,14H,1-2H3,(H,13,15). The van der Waals surface area contributed by atoms with E-state index in [0.717, 1.165) is 12.1 Å². The van der Waals surface area contributed by atoms with Crippen molar-refractivity contribution in [1.82, 2.24) is 14.5 Å². The van der Waals surface area contributed by atoms with Crippen molar-refractivity contribution in [3.63, 3.8) is 0 Å². The van der Waals surface area contributed by atoms with Gasteiger partial charge in [0.1, 0.15) is 11.9 Å². The Labute approximate surface area is 119 Å². The Balaban J connectivity index is 2.48. The minimum Gasteiger partial charge on any atom is -0.299 e. The largest absolute Gasteiger partial charge is 0.524 e. The van der Waals surface area contributed by atoms with Gasteiger partial charge in [0.25, 0.3) is 0 Å². The van der Waals surface area contributed by atoms with Gasteiger partial charge in [0, 0.05) is 19.2 Å². The van der Waals surface area contributed by atoms with E-state index in [1.54, 1.807) is 7.05 Å². The number of ether oxygens (including phenoxy) is 1. The summed E-state index contributed by atoms with van der Waals surface area (Å²) in [7, 11) is 1.56. The van der Waals surface area contributed by atoms with Gasteiger partial charge in [0.15, 0.2) is 12.1 Å². The molecule has 1 atom stereocenters. The first kappa shape index (κ1) is 16.3. The van der Waals surface area contributed by atoms with E-state index >= 15 is 0 Å². The number of aldehydes is 1. The minimum atomic E-state index is -4.71. The van der Waals surface area contributed by atoms with Crippen LogP contribution in [0.15, 0.2) is 4.47 Å². The predicted molar refractivity (Wildman–Crippen MR) is 67.2 cm³/mol. The SMILES string of the molecule is CC(NSNc1nn(C)c(C=O)c1Br)OC(F)(F)F. The minimum absolute atomic E-state index is 0.307. The number of carbonyl (C=O) groups excluding carboxylic acids is 1. The first-order chi connectivity index (χ1) is 8.74. The van der Waals surface area contributed by atoms with Gasteiger partial charge in [-0.15, -0.1) is 13.2 Å². The van der Waals surface area contributed by atoms with Gasteiger partial charge in [0.2, 0.25) is 0 Å². The van der Waals surface area contributed by atoms with Crippen LogP contribution in [0.2, 0.25) is 0 Å². The monoisotopic (exact) mass is 362 g/mol. The third-order valence-corrected chi connectivity index (χ3v) is 3.35. The van der Waals surface area contributed by atoms with Crippen molar-refractivity contribution in [3.05, 3.63) is 10.2 Å². The van der Waals surface area contributed by atoms with Crippen molar-refractivity contribution in [1.29, 1.82) is 0 Å². The normalized spacial score (nSPS) is 13.4. The summed E-state index contributed by atoms with van der Waals surface area (Å²) in [6.07, 6.45) is -5.34. The molecule has 1 aromatic heterocycles. The van der Waals surface area contributed by atoms with Crippen LogP contribution in [0.1, 0.15) is 17.4 Å². The van der Waals surface area contributed by atoms with Crippen LogP contribution in [-0.2, 0) is 11.8 Å². The lowest BCUT2D eigenvalue weighted by Crippen LogP contribution is -2.30. The van der Waals surface area contributed by atoms with E-state index in [1.807, 2.05) is 0 Å². The molecule has 1 rings (SSSR count). The number of hydrogen-bond donors (Lipinski definition) is 2. The zero-order chi connectivity index (χ0) is 14.6. The van der Waals surface area contributed by atoms with E-state index in [1.165, 1.54) is 11.6 Å². The van der Waals surface area contributed by atoms with Gasteiger partial charge in [-0.25, -0.2) is 4.72 Å². The second-order valence-electron chi connectivity index (χ2n) is 3.32. The number of carbonyl (C=O) groups is 1. The zero-order valence-electron chi connectivity index (χ0n) is 9.79. The highest BCUT2D eigenvalue weighted by atomic mass is 79.9. The molecule has 0 aliphatic rings. The molecule has 0 aliphatic carbocycles. The Morgan fingerprint density at radius 2 is 2.21 bits per heavy atom. The lowest BCUT2D eigenvalue weighted by atomic mass is 10.4. The second kappa shape index (κ2) is 6.59. The average Bonchev–Trinajstić information content (AvgIpc) is 2.51. The Bertz CT molecular complexity index is 454. The van der Waals surface area contributed by atoms with E-state index in [-0.39, 0.29) is 0 Å². The van der Waals surface area contributed by atoms with Crippen molar-refractivity contribution in [2.75, 3.05) is 4.72 Å². The maximum Gasteiger partial charge on any atom is 0.524 e. The van der Waals surface area contributed by atoms with E-state index in [4.69, 9.17) is 0 Å². The molecule has 0 amide bonds. The lowest BCUT2D eigenvalue weighted by Gasteiger charge is -2.15. The smallest absolute Gasteiger partial charge is 0.299 e. The van der Waals surface area contributed by atoms with Gasteiger partial charge in [0.05, 0.1) is 4.47 Å². The number of aryl methyl sites for hydroxylation is 1. The van der Waals surface area contributed by atoms with Crippen molar-refractivity contribution in [2.45, 2.75) is 19.5 Å². The van der Waals surface area contributed by atoms with Gasteiger partial charge < -0.3 is 0 Å². The highest BCUT2D eigenvalue weighted by Crippen LogP contribution is 2.26. The van der Waals surface area contributed by atoms with E-state index in [0.29, 0.717) is 22.3 Å². The van der Waals surface area contributed by atoms with Crippen LogP contribution in [0.25, 0.3) is 0 Å². The predicted octanol–water partition coefficient (Wildman–Crippen LogP) is 2.44. The molecular formula is C8H10BrF3N4O2S. The highest BCUT2D eigenvalue weighted by Gasteiger charge is 2.31. The van der Waals surface area contributed by atoms with Crippen LogP contribution in [0.3, 0.4) is 0 Å². The Kier molecular flexibility index (Phi) is 5.64. The van der Waals surface area contributed by atoms with E-state index < -0.39 is 12.6 Å². The summed E-state index contributed by atoms with van der Waals surface area (Å²) in [4.78, 5) is 10.7. The lowest BCUT2D eigenvalue weighted by molar-refractivity contribution is -0.341. The Morgan fingerprint density at radius 1 is 1.58 bits per heavy atom. The summed E-state index contributed by atoms with van der Waals surface area (Å²) >= 11 is 3.90. The van der Waals surface area contributed by atoms with Crippen molar-refractivity contribution in [2.24, 2.45) is 7.05 Å². The third kappa shape index (κ3) is 5.01. The molecule has 0 fully saturated rings. The molecule has 1 aromatic rings. The van der Waals surface area contributed by atoms with Crippen molar-refractivity contribution in [3.8, 4) is 0 Å². The molecule has 0 aromatic carbocycles. The molecule has 2 N–H and O–H groups in total. The maximum atomic E-state index is 11.9. The van der Waals surface area contributed by atoms with Crippen molar-refractivity contribution >= 4 is 40.2 Å². The number of aromatic nitrogens is 2. The number of nitrogens with one attached hydrogen (secondary N) is 2. The third-order valence-electron chi connectivity index (χ3n) is 1.83. The average molecular weight is 363 g/mol. The summed E-state index contributed by atoms with van der Waals surface area (Å²) in [5.74, 6) is 0.307. The van der Waals surface area contributed by atoms with E-state index in [9.17, 15) is 18.0 Å². The first-order valence-electron chi connectivity index (χ1n) is 4.84. The Morgan fingerprint density at radius 3 is 2.68 bits per heavy atom. The molecule has 19 heavy (non-hydrogen) atoms. The molecule has 6 nitrogen and oxygen atoms in total. The second-order valence-corrected chi connectivity index (χ2v) is 4.75. The summed E-state index contributed by atoms with van der Waals surface area (Å²) in [6.45, 7) is 1.20. The zero-order valence-corrected chi connectivity index (χ0v) is 12.2. The fraction of sp³-hybridized carbons (Fsp3) is 0.500.